The third-order valence-corrected chi connectivity index (χ3v) is 6.65. The topological polar surface area (TPSA) is 23.6 Å². The molecule has 3 nitrogen and oxygen atoms in total. The van der Waals surface area contributed by atoms with Crippen molar-refractivity contribution < 1.29 is 4.79 Å². The van der Waals surface area contributed by atoms with Crippen molar-refractivity contribution in [2.75, 3.05) is 26.2 Å². The number of rotatable bonds is 12. The Balaban J connectivity index is 2.39. The van der Waals surface area contributed by atoms with Gasteiger partial charge in [-0.05, 0) is 101 Å². The number of allylic oxidation sites excluding steroid dienone is 7. The molecule has 3 heteroatoms. The molecule has 1 saturated heterocycles. The highest BCUT2D eigenvalue weighted by Gasteiger charge is 2.35. The summed E-state index contributed by atoms with van der Waals surface area (Å²) in [5, 5.41) is 0. The molecule has 0 radical (unpaired) electrons. The zero-order chi connectivity index (χ0) is 25.0. The smallest absolute Gasteiger partial charge is 0.148 e. The van der Waals surface area contributed by atoms with E-state index in [9.17, 15) is 4.79 Å². The third-order valence-electron chi connectivity index (χ3n) is 6.65. The van der Waals surface area contributed by atoms with Crippen molar-refractivity contribution in [3.05, 3.63) is 46.6 Å². The number of ketones is 1. The van der Waals surface area contributed by atoms with E-state index in [-0.39, 0.29) is 17.4 Å². The summed E-state index contributed by atoms with van der Waals surface area (Å²) in [5.74, 6) is 0.286. The summed E-state index contributed by atoms with van der Waals surface area (Å²) >= 11 is 0. The first kappa shape index (κ1) is 29.6. The summed E-state index contributed by atoms with van der Waals surface area (Å²) in [5.41, 5.74) is 5.91. The summed E-state index contributed by atoms with van der Waals surface area (Å²) in [7, 11) is 0. The second-order valence-corrected chi connectivity index (χ2v) is 11.3. The van der Waals surface area contributed by atoms with Gasteiger partial charge in [-0.2, -0.15) is 0 Å². The predicted octanol–water partition coefficient (Wildman–Crippen LogP) is 7.51. The van der Waals surface area contributed by atoms with E-state index < -0.39 is 0 Å². The van der Waals surface area contributed by atoms with E-state index in [1.807, 2.05) is 0 Å². The van der Waals surface area contributed by atoms with E-state index >= 15 is 0 Å². The van der Waals surface area contributed by atoms with E-state index in [0.717, 1.165) is 58.3 Å². The van der Waals surface area contributed by atoms with Crippen molar-refractivity contribution in [3.63, 3.8) is 0 Å². The normalized spacial score (nSPS) is 19.7. The van der Waals surface area contributed by atoms with Gasteiger partial charge in [-0.15, -0.1) is 0 Å². The lowest BCUT2D eigenvalue weighted by atomic mass is 9.98. The molecule has 1 fully saturated rings. The van der Waals surface area contributed by atoms with E-state index in [2.05, 4.69) is 89.5 Å². The van der Waals surface area contributed by atoms with Crippen LogP contribution in [-0.4, -0.2) is 53.3 Å². The van der Waals surface area contributed by atoms with Crippen LogP contribution in [0.3, 0.4) is 0 Å². The second-order valence-electron chi connectivity index (χ2n) is 11.3. The second kappa shape index (κ2) is 14.7. The lowest BCUT2D eigenvalue weighted by Crippen LogP contribution is -2.61. The molecule has 1 aliphatic heterocycles. The number of hydrogen-bond donors (Lipinski definition) is 0. The summed E-state index contributed by atoms with van der Waals surface area (Å²) < 4.78 is 0. The molecular formula is C30H52N2O. The summed E-state index contributed by atoms with van der Waals surface area (Å²) in [6.07, 6.45) is 16.4. The van der Waals surface area contributed by atoms with Crippen LogP contribution in [0.5, 0.6) is 0 Å². The molecule has 0 aromatic rings. The Morgan fingerprint density at radius 1 is 0.758 bits per heavy atom. The number of nitrogens with zero attached hydrogens (tertiary/aromatic N) is 2. The van der Waals surface area contributed by atoms with Crippen molar-refractivity contribution in [2.45, 2.75) is 112 Å². The van der Waals surface area contributed by atoms with E-state index in [0.29, 0.717) is 0 Å². The monoisotopic (exact) mass is 456 g/mol. The molecule has 1 atom stereocenters. The maximum absolute atomic E-state index is 12.2. The number of Topliss-reactive ketones (excluding diaryl/α,β-unsaturated/α-hetero) is 1. The van der Waals surface area contributed by atoms with Crippen molar-refractivity contribution in [1.82, 2.24) is 9.80 Å². The van der Waals surface area contributed by atoms with Gasteiger partial charge in [0, 0.05) is 31.7 Å². The minimum Gasteiger partial charge on any atom is -0.298 e. The summed E-state index contributed by atoms with van der Waals surface area (Å²) in [6.45, 7) is 23.3. The van der Waals surface area contributed by atoms with E-state index in [1.54, 1.807) is 6.92 Å². The fraction of sp³-hybridized carbons (Fsp3) is 0.700. The lowest BCUT2D eigenvalue weighted by molar-refractivity contribution is -0.127. The average molecular weight is 457 g/mol. The van der Waals surface area contributed by atoms with Crippen molar-refractivity contribution in [2.24, 2.45) is 0 Å². The van der Waals surface area contributed by atoms with Crippen LogP contribution in [0.2, 0.25) is 0 Å². The van der Waals surface area contributed by atoms with Crippen molar-refractivity contribution >= 4 is 5.78 Å². The van der Waals surface area contributed by atoms with Crippen molar-refractivity contribution in [1.29, 1.82) is 0 Å². The number of piperazine rings is 1. The molecule has 1 aliphatic rings. The largest absolute Gasteiger partial charge is 0.298 e. The van der Waals surface area contributed by atoms with Crippen LogP contribution in [0.4, 0.5) is 0 Å². The van der Waals surface area contributed by atoms with Gasteiger partial charge in [-0.25, -0.2) is 0 Å². The van der Waals surface area contributed by atoms with Gasteiger partial charge < -0.3 is 0 Å². The van der Waals surface area contributed by atoms with E-state index in [4.69, 9.17) is 0 Å². The van der Waals surface area contributed by atoms with Crippen LogP contribution in [-0.2, 0) is 4.79 Å². The van der Waals surface area contributed by atoms with Gasteiger partial charge in [0.15, 0.2) is 0 Å². The quantitative estimate of drug-likeness (QED) is 0.284. The predicted molar refractivity (Wildman–Crippen MR) is 146 cm³/mol. The molecule has 1 rings (SSSR count). The molecule has 0 spiro atoms. The maximum Gasteiger partial charge on any atom is 0.148 e. The SMILES string of the molecule is CC(=O)C1CN(CC=C(C)CCC=C(C)CCC=C(C)CCC=C(C)C)CCN1C(C)(C)C. The first-order chi connectivity index (χ1) is 15.4. The molecule has 0 saturated carbocycles. The highest BCUT2D eigenvalue weighted by Crippen LogP contribution is 2.22. The molecule has 0 amide bonds. The highest BCUT2D eigenvalue weighted by atomic mass is 16.1. The zero-order valence-corrected chi connectivity index (χ0v) is 23.3. The van der Waals surface area contributed by atoms with Crippen LogP contribution in [0.25, 0.3) is 0 Å². The fourth-order valence-electron chi connectivity index (χ4n) is 4.43. The van der Waals surface area contributed by atoms with Crippen LogP contribution in [0.15, 0.2) is 46.6 Å². The number of carbonyl (C=O) groups excluding carboxylic acids is 1. The maximum atomic E-state index is 12.2. The molecule has 0 aliphatic carbocycles. The molecule has 33 heavy (non-hydrogen) atoms. The molecule has 188 valence electrons. The Morgan fingerprint density at radius 3 is 1.70 bits per heavy atom. The van der Waals surface area contributed by atoms with Gasteiger partial charge >= 0.3 is 0 Å². The van der Waals surface area contributed by atoms with Gasteiger partial charge in [-0.3, -0.25) is 14.6 Å². The van der Waals surface area contributed by atoms with Gasteiger partial charge in [0.05, 0.1) is 6.04 Å². The lowest BCUT2D eigenvalue weighted by Gasteiger charge is -2.46. The van der Waals surface area contributed by atoms with Crippen LogP contribution in [0, 0.1) is 0 Å². The highest BCUT2D eigenvalue weighted by molar-refractivity contribution is 5.82. The minimum atomic E-state index is 0.0166. The van der Waals surface area contributed by atoms with Crippen LogP contribution in [0.1, 0.15) is 101 Å². The Labute approximate surface area is 205 Å². The van der Waals surface area contributed by atoms with Gasteiger partial charge in [0.2, 0.25) is 0 Å². The van der Waals surface area contributed by atoms with E-state index in [1.165, 1.54) is 28.7 Å². The minimum absolute atomic E-state index is 0.0166. The van der Waals surface area contributed by atoms with Crippen LogP contribution < -0.4 is 0 Å². The van der Waals surface area contributed by atoms with Crippen molar-refractivity contribution in [3.8, 4) is 0 Å². The Morgan fingerprint density at radius 2 is 1.24 bits per heavy atom. The average Bonchev–Trinajstić information content (AvgIpc) is 2.71. The zero-order valence-electron chi connectivity index (χ0n) is 23.3. The number of carbonyl (C=O) groups is 1. The third kappa shape index (κ3) is 12.5. The molecule has 1 heterocycles. The molecule has 1 unspecified atom stereocenters. The van der Waals surface area contributed by atoms with Gasteiger partial charge in [0.1, 0.15) is 5.78 Å². The first-order valence-electron chi connectivity index (χ1n) is 13.0. The Hall–Kier alpha value is -1.45. The summed E-state index contributed by atoms with van der Waals surface area (Å²) in [6, 6.07) is 0.0166. The number of hydrogen-bond acceptors (Lipinski definition) is 3. The standard InChI is InChI=1S/C30H52N2O/c1-24(2)13-10-14-25(3)15-11-16-26(4)17-12-18-27(5)19-20-31-21-22-32(30(7,8)9)29(23-31)28(6)33/h13,15,17,19,29H,10-12,14,16,18,20-23H2,1-9H3. The van der Waals surface area contributed by atoms with Crippen LogP contribution >= 0.6 is 0 Å². The molecular weight excluding hydrogens is 404 g/mol. The molecule has 0 bridgehead atoms. The Bertz CT molecular complexity index is 729. The molecule has 0 aromatic heterocycles. The fourth-order valence-corrected chi connectivity index (χ4v) is 4.43. The molecule has 0 aromatic carbocycles. The van der Waals surface area contributed by atoms with Gasteiger partial charge in [0.25, 0.3) is 0 Å². The summed E-state index contributed by atoms with van der Waals surface area (Å²) in [4.78, 5) is 17.0. The first-order valence-corrected chi connectivity index (χ1v) is 13.0. The molecule has 0 N–H and O–H groups in total. The van der Waals surface area contributed by atoms with Gasteiger partial charge in [-0.1, -0.05) is 46.6 Å². The Kier molecular flexibility index (Phi) is 13.2.